The van der Waals surface area contributed by atoms with Gasteiger partial charge in [0.15, 0.2) is 0 Å². The van der Waals surface area contributed by atoms with Gasteiger partial charge in [0.1, 0.15) is 0 Å². The number of hydrogen-bond donors (Lipinski definition) is 2. The zero-order valence-corrected chi connectivity index (χ0v) is 13.8. The quantitative estimate of drug-likeness (QED) is 0.552. The number of rotatable bonds is 4. The first kappa shape index (κ1) is 13.7. The van der Waals surface area contributed by atoms with Crippen LogP contribution in [0.2, 0.25) is 0 Å². The Hall–Kier alpha value is 0.250. The molecule has 1 saturated carbocycles. The Bertz CT molecular complexity index is 448. The predicted molar refractivity (Wildman–Crippen MR) is 85.6 cm³/mol. The van der Waals surface area contributed by atoms with Gasteiger partial charge in [0.2, 0.25) is 5.91 Å². The maximum Gasteiger partial charge on any atom is 0.224 e. The van der Waals surface area contributed by atoms with E-state index in [4.69, 9.17) is 0 Å². The van der Waals surface area contributed by atoms with Gasteiger partial charge in [-0.05, 0) is 64.8 Å². The molecule has 92 valence electrons. The number of carbonyl (C=O) groups excluding carboxylic acids is 1. The Morgan fingerprint density at radius 3 is 2.82 bits per heavy atom. The smallest absolute Gasteiger partial charge is 0.224 e. The number of nitrogens with one attached hydrogen (secondary N) is 1. The van der Waals surface area contributed by atoms with Gasteiger partial charge in [-0.2, -0.15) is 12.6 Å². The Balaban J connectivity index is 2.00. The zero-order chi connectivity index (χ0) is 12.5. The first-order chi connectivity index (χ1) is 8.04. The van der Waals surface area contributed by atoms with Crippen LogP contribution in [0, 0.1) is 8.99 Å². The van der Waals surface area contributed by atoms with E-state index >= 15 is 0 Å². The van der Waals surface area contributed by atoms with Gasteiger partial charge >= 0.3 is 0 Å². The summed E-state index contributed by atoms with van der Waals surface area (Å²) in [5.74, 6) is 0.892. The first-order valence-corrected chi connectivity index (χ1v) is 7.91. The van der Waals surface area contributed by atoms with Gasteiger partial charge < -0.3 is 5.32 Å². The summed E-state index contributed by atoms with van der Waals surface area (Å²) in [5.41, 5.74) is 1.05. The molecule has 0 unspecified atom stereocenters. The molecule has 0 saturated heterocycles. The van der Waals surface area contributed by atoms with Crippen LogP contribution in [0.25, 0.3) is 0 Å². The number of carbonyl (C=O) groups is 1. The van der Waals surface area contributed by atoms with Crippen molar-refractivity contribution in [3.8, 4) is 0 Å². The molecule has 2 nitrogen and oxygen atoms in total. The third-order valence-corrected chi connectivity index (χ3v) is 5.14. The fourth-order valence-corrected chi connectivity index (χ4v) is 2.96. The lowest BCUT2D eigenvalue weighted by Crippen LogP contribution is -2.18. The largest absolute Gasteiger partial charge is 0.325 e. The Morgan fingerprint density at radius 1 is 1.53 bits per heavy atom. The van der Waals surface area contributed by atoms with Crippen LogP contribution in [0.15, 0.2) is 22.7 Å². The van der Waals surface area contributed by atoms with Crippen LogP contribution >= 0.6 is 51.1 Å². The standard InChI is InChI=1S/C12H13BrINOS/c13-8-1-2-9(14)10(5-8)15-11(16)6-12(7-17)3-4-12/h1-2,5,17H,3-4,6-7H2,(H,15,16). The van der Waals surface area contributed by atoms with Crippen molar-refractivity contribution in [2.24, 2.45) is 5.41 Å². The molecule has 0 aromatic heterocycles. The molecule has 1 N–H and O–H groups in total. The van der Waals surface area contributed by atoms with Crippen molar-refractivity contribution in [1.82, 2.24) is 0 Å². The molecule has 0 spiro atoms. The molecule has 1 aromatic rings. The van der Waals surface area contributed by atoms with E-state index < -0.39 is 0 Å². The number of anilines is 1. The molecule has 17 heavy (non-hydrogen) atoms. The molecule has 2 rings (SSSR count). The fraction of sp³-hybridized carbons (Fsp3) is 0.417. The molecule has 0 heterocycles. The molecule has 1 aliphatic rings. The van der Waals surface area contributed by atoms with E-state index in [9.17, 15) is 4.79 Å². The van der Waals surface area contributed by atoms with Gasteiger partial charge in [0.05, 0.1) is 5.69 Å². The van der Waals surface area contributed by atoms with Crippen molar-refractivity contribution in [2.75, 3.05) is 11.1 Å². The molecule has 1 aliphatic carbocycles. The molecular formula is C12H13BrINOS. The van der Waals surface area contributed by atoms with Gasteiger partial charge in [0.25, 0.3) is 0 Å². The van der Waals surface area contributed by atoms with Crippen molar-refractivity contribution in [3.05, 3.63) is 26.2 Å². The van der Waals surface area contributed by atoms with Gasteiger partial charge in [-0.1, -0.05) is 15.9 Å². The summed E-state index contributed by atoms with van der Waals surface area (Å²) in [5, 5.41) is 2.97. The second-order valence-electron chi connectivity index (χ2n) is 4.51. The number of halogens is 2. The van der Waals surface area contributed by atoms with Crippen molar-refractivity contribution in [1.29, 1.82) is 0 Å². The van der Waals surface area contributed by atoms with Crippen LogP contribution in [0.1, 0.15) is 19.3 Å². The normalized spacial score (nSPS) is 16.6. The minimum atomic E-state index is 0.0903. The molecule has 0 aliphatic heterocycles. The topological polar surface area (TPSA) is 29.1 Å². The number of thiol groups is 1. The summed E-state index contributed by atoms with van der Waals surface area (Å²) < 4.78 is 2.03. The molecule has 5 heteroatoms. The second-order valence-corrected chi connectivity index (χ2v) is 6.90. The molecule has 1 fully saturated rings. The Kier molecular flexibility index (Phi) is 4.41. The number of benzene rings is 1. The lowest BCUT2D eigenvalue weighted by molar-refractivity contribution is -0.117. The number of amides is 1. The van der Waals surface area contributed by atoms with E-state index in [2.05, 4.69) is 56.5 Å². The molecule has 1 aromatic carbocycles. The molecule has 0 bridgehead atoms. The molecule has 0 radical (unpaired) electrons. The van der Waals surface area contributed by atoms with Crippen LogP contribution in [-0.4, -0.2) is 11.7 Å². The van der Waals surface area contributed by atoms with Crippen LogP contribution in [-0.2, 0) is 4.79 Å². The highest BCUT2D eigenvalue weighted by atomic mass is 127. The summed E-state index contributed by atoms with van der Waals surface area (Å²) in [6, 6.07) is 5.87. The highest BCUT2D eigenvalue weighted by Gasteiger charge is 2.42. The van der Waals surface area contributed by atoms with Gasteiger partial charge in [-0.25, -0.2) is 0 Å². The fourth-order valence-electron chi connectivity index (χ4n) is 1.70. The number of hydrogen-bond acceptors (Lipinski definition) is 2. The monoisotopic (exact) mass is 425 g/mol. The van der Waals surface area contributed by atoms with Crippen molar-refractivity contribution < 1.29 is 4.79 Å². The van der Waals surface area contributed by atoms with Gasteiger partial charge in [-0.15, -0.1) is 0 Å². The predicted octanol–water partition coefficient (Wildman–Crippen LogP) is 4.09. The van der Waals surface area contributed by atoms with Crippen molar-refractivity contribution in [3.63, 3.8) is 0 Å². The molecule has 0 atom stereocenters. The average Bonchev–Trinajstić information content (AvgIpc) is 3.04. The summed E-state index contributed by atoms with van der Waals surface area (Å²) in [7, 11) is 0. The van der Waals surface area contributed by atoms with Crippen LogP contribution < -0.4 is 5.32 Å². The van der Waals surface area contributed by atoms with E-state index in [1.165, 1.54) is 0 Å². The van der Waals surface area contributed by atoms with Crippen LogP contribution in [0.5, 0.6) is 0 Å². The SMILES string of the molecule is O=C(CC1(CS)CC1)Nc1cc(Br)ccc1I. The molecule has 1 amide bonds. The van der Waals surface area contributed by atoms with E-state index in [1.54, 1.807) is 0 Å². The first-order valence-electron chi connectivity index (χ1n) is 5.40. The maximum atomic E-state index is 11.9. The van der Waals surface area contributed by atoms with E-state index in [0.717, 1.165) is 32.3 Å². The second kappa shape index (κ2) is 5.48. The summed E-state index contributed by atoms with van der Waals surface area (Å²) >= 11 is 9.94. The lowest BCUT2D eigenvalue weighted by Gasteiger charge is -2.12. The summed E-state index contributed by atoms with van der Waals surface area (Å²) in [6.07, 6.45) is 2.83. The van der Waals surface area contributed by atoms with Crippen LogP contribution in [0.3, 0.4) is 0 Å². The minimum absolute atomic E-state index is 0.0903. The van der Waals surface area contributed by atoms with Crippen molar-refractivity contribution >= 4 is 62.7 Å². The Labute approximate surface area is 129 Å². The third kappa shape index (κ3) is 3.61. The zero-order valence-electron chi connectivity index (χ0n) is 9.17. The maximum absolute atomic E-state index is 11.9. The van der Waals surface area contributed by atoms with E-state index in [0.29, 0.717) is 6.42 Å². The third-order valence-electron chi connectivity index (χ3n) is 3.03. The van der Waals surface area contributed by atoms with Gasteiger partial charge in [-0.3, -0.25) is 4.79 Å². The highest BCUT2D eigenvalue weighted by molar-refractivity contribution is 14.1. The van der Waals surface area contributed by atoms with Crippen LogP contribution in [0.4, 0.5) is 5.69 Å². The molecular weight excluding hydrogens is 413 g/mol. The van der Waals surface area contributed by atoms with E-state index in [1.807, 2.05) is 18.2 Å². The highest BCUT2D eigenvalue weighted by Crippen LogP contribution is 2.49. The van der Waals surface area contributed by atoms with Crippen molar-refractivity contribution in [2.45, 2.75) is 19.3 Å². The summed E-state index contributed by atoms with van der Waals surface area (Å²) in [4.78, 5) is 11.9. The lowest BCUT2D eigenvalue weighted by atomic mass is 10.1. The Morgan fingerprint density at radius 2 is 2.24 bits per heavy atom. The van der Waals surface area contributed by atoms with Gasteiger partial charge in [0, 0.05) is 14.5 Å². The summed E-state index contributed by atoms with van der Waals surface area (Å²) in [6.45, 7) is 0. The average molecular weight is 426 g/mol. The van der Waals surface area contributed by atoms with E-state index in [-0.39, 0.29) is 11.3 Å². The minimum Gasteiger partial charge on any atom is -0.325 e.